The molecule has 0 aliphatic heterocycles. The van der Waals surface area contributed by atoms with E-state index >= 15 is 0 Å². The molecule has 2 aromatic rings. The molecule has 1 N–H and O–H groups in total. The predicted octanol–water partition coefficient (Wildman–Crippen LogP) is 2.92. The van der Waals surface area contributed by atoms with Crippen LogP contribution in [0.1, 0.15) is 26.0 Å². The summed E-state index contributed by atoms with van der Waals surface area (Å²) in [4.78, 5) is 13.2. The molecule has 2 heterocycles. The van der Waals surface area contributed by atoms with Crippen molar-refractivity contribution in [3.63, 3.8) is 0 Å². The van der Waals surface area contributed by atoms with Gasteiger partial charge in [-0.3, -0.25) is 4.98 Å². The number of aryl methyl sites for hydroxylation is 1. The molecular weight excluding hydrogens is 224 g/mol. The monoisotopic (exact) mass is 242 g/mol. The van der Waals surface area contributed by atoms with Crippen LogP contribution >= 0.6 is 0 Å². The fourth-order valence-electron chi connectivity index (χ4n) is 1.78. The third kappa shape index (κ3) is 3.03. The number of rotatable bonds is 5. The highest BCUT2D eigenvalue weighted by atomic mass is 15.0. The zero-order valence-corrected chi connectivity index (χ0v) is 10.8. The smallest absolute Gasteiger partial charge is 0.163 e. The summed E-state index contributed by atoms with van der Waals surface area (Å²) < 4.78 is 0. The van der Waals surface area contributed by atoms with E-state index < -0.39 is 0 Å². The van der Waals surface area contributed by atoms with Crippen LogP contribution in [0.5, 0.6) is 0 Å². The molecule has 2 rings (SSSR count). The highest BCUT2D eigenvalue weighted by Crippen LogP contribution is 2.17. The lowest BCUT2D eigenvalue weighted by Crippen LogP contribution is -2.04. The zero-order chi connectivity index (χ0) is 12.8. The fraction of sp³-hybridized carbons (Fsp3) is 0.357. The van der Waals surface area contributed by atoms with Gasteiger partial charge in [-0.25, -0.2) is 9.97 Å². The van der Waals surface area contributed by atoms with E-state index in [1.54, 1.807) is 12.4 Å². The van der Waals surface area contributed by atoms with Crippen LogP contribution in [0.15, 0.2) is 30.6 Å². The number of hydrogen-bond donors (Lipinski definition) is 1. The first-order valence-corrected chi connectivity index (χ1v) is 6.35. The Morgan fingerprint density at radius 1 is 1.22 bits per heavy atom. The average molecular weight is 242 g/mol. The van der Waals surface area contributed by atoms with Crippen LogP contribution in [0, 0.1) is 0 Å². The normalized spacial score (nSPS) is 10.3. The summed E-state index contributed by atoms with van der Waals surface area (Å²) in [5.74, 6) is 1.62. The molecule has 4 heteroatoms. The summed E-state index contributed by atoms with van der Waals surface area (Å²) in [6, 6.07) is 5.90. The highest BCUT2D eigenvalue weighted by Gasteiger charge is 2.06. The number of anilines is 1. The van der Waals surface area contributed by atoms with Crippen molar-refractivity contribution in [1.29, 1.82) is 0 Å². The van der Waals surface area contributed by atoms with Gasteiger partial charge in [-0.15, -0.1) is 0 Å². The Morgan fingerprint density at radius 2 is 2.11 bits per heavy atom. The van der Waals surface area contributed by atoms with Crippen molar-refractivity contribution in [2.75, 3.05) is 11.9 Å². The fourth-order valence-corrected chi connectivity index (χ4v) is 1.78. The van der Waals surface area contributed by atoms with Crippen molar-refractivity contribution >= 4 is 5.82 Å². The minimum absolute atomic E-state index is 0.741. The molecule has 0 saturated carbocycles. The van der Waals surface area contributed by atoms with Crippen molar-refractivity contribution in [3.05, 3.63) is 36.3 Å². The maximum atomic E-state index is 4.58. The van der Waals surface area contributed by atoms with Crippen molar-refractivity contribution in [1.82, 2.24) is 15.0 Å². The van der Waals surface area contributed by atoms with Gasteiger partial charge < -0.3 is 5.32 Å². The summed E-state index contributed by atoms with van der Waals surface area (Å²) >= 11 is 0. The van der Waals surface area contributed by atoms with Gasteiger partial charge in [0.15, 0.2) is 5.82 Å². The summed E-state index contributed by atoms with van der Waals surface area (Å²) in [6.07, 6.45) is 5.59. The van der Waals surface area contributed by atoms with Crippen LogP contribution in [0.4, 0.5) is 5.82 Å². The van der Waals surface area contributed by atoms with E-state index in [1.165, 1.54) is 0 Å². The number of aromatic nitrogens is 3. The Labute approximate surface area is 108 Å². The maximum absolute atomic E-state index is 4.58. The lowest BCUT2D eigenvalue weighted by Gasteiger charge is -2.08. The molecule has 2 aromatic heterocycles. The summed E-state index contributed by atoms with van der Waals surface area (Å²) in [5, 5.41) is 3.24. The van der Waals surface area contributed by atoms with E-state index in [9.17, 15) is 0 Å². The molecule has 0 aliphatic rings. The Bertz CT molecular complexity index is 472. The minimum Gasteiger partial charge on any atom is -0.370 e. The molecule has 0 unspecified atom stereocenters. The second-order valence-corrected chi connectivity index (χ2v) is 4.09. The zero-order valence-electron chi connectivity index (χ0n) is 10.8. The van der Waals surface area contributed by atoms with Gasteiger partial charge in [0.25, 0.3) is 0 Å². The molecule has 0 radical (unpaired) electrons. The van der Waals surface area contributed by atoms with E-state index in [-0.39, 0.29) is 0 Å². The van der Waals surface area contributed by atoms with Gasteiger partial charge in [-0.2, -0.15) is 0 Å². The molecular formula is C14H18N4. The first kappa shape index (κ1) is 12.5. The van der Waals surface area contributed by atoms with Gasteiger partial charge in [0.1, 0.15) is 5.82 Å². The highest BCUT2D eigenvalue weighted by molar-refractivity contribution is 5.56. The Balaban J connectivity index is 2.39. The van der Waals surface area contributed by atoms with Crippen LogP contribution in [0.25, 0.3) is 11.4 Å². The lowest BCUT2D eigenvalue weighted by atomic mass is 10.2. The number of pyridine rings is 1. The molecule has 0 spiro atoms. The van der Waals surface area contributed by atoms with Crippen molar-refractivity contribution < 1.29 is 0 Å². The Hall–Kier alpha value is -1.97. The molecule has 4 nitrogen and oxygen atoms in total. The molecule has 0 aromatic carbocycles. The van der Waals surface area contributed by atoms with Crippen LogP contribution in [0.2, 0.25) is 0 Å². The van der Waals surface area contributed by atoms with Gasteiger partial charge in [-0.1, -0.05) is 13.3 Å². The van der Waals surface area contributed by atoms with E-state index in [0.717, 1.165) is 42.3 Å². The maximum Gasteiger partial charge on any atom is 0.163 e. The topological polar surface area (TPSA) is 50.7 Å². The third-order valence-corrected chi connectivity index (χ3v) is 2.56. The quantitative estimate of drug-likeness (QED) is 0.875. The van der Waals surface area contributed by atoms with Gasteiger partial charge in [0.05, 0.1) is 0 Å². The Morgan fingerprint density at radius 3 is 2.78 bits per heavy atom. The SMILES string of the molecule is CCCc1cc(NCC)nc(-c2cccnc2)n1. The van der Waals surface area contributed by atoms with Crippen molar-refractivity contribution in [2.45, 2.75) is 26.7 Å². The molecule has 0 amide bonds. The third-order valence-electron chi connectivity index (χ3n) is 2.56. The molecule has 0 fully saturated rings. The van der Waals surface area contributed by atoms with Gasteiger partial charge in [0, 0.05) is 36.3 Å². The van der Waals surface area contributed by atoms with Crippen LogP contribution in [-0.2, 0) is 6.42 Å². The summed E-state index contributed by atoms with van der Waals surface area (Å²) in [7, 11) is 0. The lowest BCUT2D eigenvalue weighted by molar-refractivity contribution is 0.875. The standard InChI is InChI=1S/C14H18N4/c1-3-6-12-9-13(16-4-2)18-14(17-12)11-7-5-8-15-10-11/h5,7-10H,3-4,6H2,1-2H3,(H,16,17,18). The van der Waals surface area contributed by atoms with E-state index in [2.05, 4.69) is 34.1 Å². The van der Waals surface area contributed by atoms with E-state index in [4.69, 9.17) is 0 Å². The number of nitrogens with one attached hydrogen (secondary N) is 1. The number of hydrogen-bond acceptors (Lipinski definition) is 4. The van der Waals surface area contributed by atoms with Crippen LogP contribution < -0.4 is 5.32 Å². The average Bonchev–Trinajstić information content (AvgIpc) is 2.40. The summed E-state index contributed by atoms with van der Waals surface area (Å²) in [5.41, 5.74) is 2.02. The first-order valence-electron chi connectivity index (χ1n) is 6.35. The molecule has 0 bridgehead atoms. The predicted molar refractivity (Wildman–Crippen MR) is 73.4 cm³/mol. The largest absolute Gasteiger partial charge is 0.370 e. The second kappa shape index (κ2) is 6.10. The van der Waals surface area contributed by atoms with Crippen LogP contribution in [0.3, 0.4) is 0 Å². The molecule has 94 valence electrons. The molecule has 18 heavy (non-hydrogen) atoms. The molecule has 0 saturated heterocycles. The van der Waals surface area contributed by atoms with Crippen molar-refractivity contribution in [3.8, 4) is 11.4 Å². The van der Waals surface area contributed by atoms with Gasteiger partial charge >= 0.3 is 0 Å². The van der Waals surface area contributed by atoms with E-state index in [1.807, 2.05) is 18.2 Å². The van der Waals surface area contributed by atoms with E-state index in [0.29, 0.717) is 0 Å². The van der Waals surface area contributed by atoms with Gasteiger partial charge in [-0.05, 0) is 25.5 Å². The van der Waals surface area contributed by atoms with Crippen molar-refractivity contribution in [2.24, 2.45) is 0 Å². The first-order chi connectivity index (χ1) is 8.83. The van der Waals surface area contributed by atoms with Gasteiger partial charge in [0.2, 0.25) is 0 Å². The van der Waals surface area contributed by atoms with Crippen LogP contribution in [-0.4, -0.2) is 21.5 Å². The minimum atomic E-state index is 0.741. The number of nitrogens with zero attached hydrogens (tertiary/aromatic N) is 3. The molecule has 0 aliphatic carbocycles. The summed E-state index contributed by atoms with van der Waals surface area (Å²) in [6.45, 7) is 5.07. The Kier molecular flexibility index (Phi) is 4.23. The molecule has 0 atom stereocenters. The second-order valence-electron chi connectivity index (χ2n) is 4.09.